The Hall–Kier alpha value is -1.52. The molecule has 0 spiro atoms. The van der Waals surface area contributed by atoms with Crippen LogP contribution in [0.4, 0.5) is 0 Å². The van der Waals surface area contributed by atoms with Crippen molar-refractivity contribution in [2.24, 2.45) is 0 Å². The number of benzene rings is 1. The van der Waals surface area contributed by atoms with Gasteiger partial charge < -0.3 is 15.2 Å². The number of H-pyrrole nitrogens is 1. The minimum atomic E-state index is 0. The molecule has 5 heteroatoms. The standard InChI is InChI=1S/C15H19N3O.ClH/c19-15(18-9-7-16-8-10-18)6-5-12-11-17-14-4-2-1-3-13(12)14;/h1-4,11,16-17H,5-10H2;1H. The summed E-state index contributed by atoms with van der Waals surface area (Å²) in [6, 6.07) is 8.24. The van der Waals surface area contributed by atoms with E-state index in [2.05, 4.69) is 22.4 Å². The number of para-hydroxylation sites is 1. The van der Waals surface area contributed by atoms with E-state index >= 15 is 0 Å². The molecule has 2 heterocycles. The van der Waals surface area contributed by atoms with Crippen LogP contribution in [0.2, 0.25) is 0 Å². The van der Waals surface area contributed by atoms with Crippen LogP contribution in [0, 0.1) is 0 Å². The molecule has 1 aliphatic heterocycles. The Morgan fingerprint density at radius 1 is 1.20 bits per heavy atom. The minimum Gasteiger partial charge on any atom is -0.361 e. The number of aromatic nitrogens is 1. The Morgan fingerprint density at radius 3 is 2.75 bits per heavy atom. The number of nitrogens with one attached hydrogen (secondary N) is 2. The van der Waals surface area contributed by atoms with Crippen molar-refractivity contribution in [3.05, 3.63) is 36.0 Å². The third-order valence-corrected chi connectivity index (χ3v) is 3.75. The van der Waals surface area contributed by atoms with Gasteiger partial charge in [-0.25, -0.2) is 0 Å². The molecule has 0 atom stereocenters. The van der Waals surface area contributed by atoms with Crippen molar-refractivity contribution in [2.45, 2.75) is 12.8 Å². The van der Waals surface area contributed by atoms with E-state index in [9.17, 15) is 4.79 Å². The molecule has 20 heavy (non-hydrogen) atoms. The van der Waals surface area contributed by atoms with E-state index in [0.717, 1.165) is 38.1 Å². The molecule has 0 radical (unpaired) electrons. The molecule has 0 aliphatic carbocycles. The van der Waals surface area contributed by atoms with Gasteiger partial charge in [0.25, 0.3) is 0 Å². The lowest BCUT2D eigenvalue weighted by molar-refractivity contribution is -0.131. The highest BCUT2D eigenvalue weighted by Crippen LogP contribution is 2.19. The molecular formula is C15H20ClN3O. The topological polar surface area (TPSA) is 48.1 Å². The lowest BCUT2D eigenvalue weighted by atomic mass is 10.1. The first kappa shape index (κ1) is 14.9. The van der Waals surface area contributed by atoms with Crippen LogP contribution in [0.3, 0.4) is 0 Å². The van der Waals surface area contributed by atoms with Gasteiger partial charge in [0.2, 0.25) is 5.91 Å². The molecule has 1 amide bonds. The molecule has 1 aromatic carbocycles. The quantitative estimate of drug-likeness (QED) is 0.909. The molecule has 2 aromatic rings. The van der Waals surface area contributed by atoms with Crippen LogP contribution in [0.15, 0.2) is 30.5 Å². The fourth-order valence-electron chi connectivity index (χ4n) is 2.65. The predicted octanol–water partition coefficient (Wildman–Crippen LogP) is 1.95. The number of amides is 1. The van der Waals surface area contributed by atoms with Crippen LogP contribution in [0.1, 0.15) is 12.0 Å². The van der Waals surface area contributed by atoms with Crippen molar-refractivity contribution in [3.63, 3.8) is 0 Å². The van der Waals surface area contributed by atoms with Gasteiger partial charge in [-0.3, -0.25) is 4.79 Å². The smallest absolute Gasteiger partial charge is 0.222 e. The first-order valence-corrected chi connectivity index (χ1v) is 6.88. The molecule has 2 N–H and O–H groups in total. The lowest BCUT2D eigenvalue weighted by Crippen LogP contribution is -2.46. The number of halogens is 1. The van der Waals surface area contributed by atoms with Crippen molar-refractivity contribution in [1.29, 1.82) is 0 Å². The van der Waals surface area contributed by atoms with Crippen LogP contribution in [-0.2, 0) is 11.2 Å². The summed E-state index contributed by atoms with van der Waals surface area (Å²) in [7, 11) is 0. The van der Waals surface area contributed by atoms with Crippen LogP contribution < -0.4 is 5.32 Å². The zero-order chi connectivity index (χ0) is 13.1. The van der Waals surface area contributed by atoms with Crippen molar-refractivity contribution >= 4 is 29.2 Å². The molecule has 1 saturated heterocycles. The van der Waals surface area contributed by atoms with E-state index in [1.165, 1.54) is 10.9 Å². The van der Waals surface area contributed by atoms with Crippen LogP contribution in [0.5, 0.6) is 0 Å². The molecule has 3 rings (SSSR count). The number of hydrogen-bond acceptors (Lipinski definition) is 2. The Labute approximate surface area is 124 Å². The highest BCUT2D eigenvalue weighted by Gasteiger charge is 2.16. The SMILES string of the molecule is Cl.O=C(CCc1c[nH]c2ccccc12)N1CCNCC1. The number of piperazine rings is 1. The summed E-state index contributed by atoms with van der Waals surface area (Å²) >= 11 is 0. The summed E-state index contributed by atoms with van der Waals surface area (Å²) < 4.78 is 0. The summed E-state index contributed by atoms with van der Waals surface area (Å²) in [6.45, 7) is 3.51. The van der Waals surface area contributed by atoms with Crippen molar-refractivity contribution in [3.8, 4) is 0 Å². The van der Waals surface area contributed by atoms with Gasteiger partial charge in [-0.2, -0.15) is 0 Å². The zero-order valence-electron chi connectivity index (χ0n) is 11.4. The molecule has 4 nitrogen and oxygen atoms in total. The third-order valence-electron chi connectivity index (χ3n) is 3.75. The summed E-state index contributed by atoms with van der Waals surface area (Å²) in [5, 5.41) is 4.50. The number of aryl methyl sites for hydroxylation is 1. The molecule has 1 aromatic heterocycles. The van der Waals surface area contributed by atoms with E-state index in [4.69, 9.17) is 0 Å². The average molecular weight is 294 g/mol. The number of carbonyl (C=O) groups excluding carboxylic acids is 1. The third kappa shape index (κ3) is 3.14. The van der Waals surface area contributed by atoms with Crippen LogP contribution >= 0.6 is 12.4 Å². The second-order valence-electron chi connectivity index (χ2n) is 4.99. The lowest BCUT2D eigenvalue weighted by Gasteiger charge is -2.27. The summed E-state index contributed by atoms with van der Waals surface area (Å²) in [4.78, 5) is 17.3. The van der Waals surface area contributed by atoms with Crippen LogP contribution in [-0.4, -0.2) is 42.0 Å². The monoisotopic (exact) mass is 293 g/mol. The predicted molar refractivity (Wildman–Crippen MR) is 83.3 cm³/mol. The van der Waals surface area contributed by atoms with Gasteiger partial charge in [-0.15, -0.1) is 12.4 Å². The number of carbonyl (C=O) groups is 1. The second kappa shape index (κ2) is 6.77. The van der Waals surface area contributed by atoms with Crippen LogP contribution in [0.25, 0.3) is 10.9 Å². The maximum Gasteiger partial charge on any atom is 0.222 e. The second-order valence-corrected chi connectivity index (χ2v) is 4.99. The molecule has 1 fully saturated rings. The Kier molecular flexibility index (Phi) is 5.04. The molecular weight excluding hydrogens is 274 g/mol. The van der Waals surface area contributed by atoms with E-state index in [-0.39, 0.29) is 18.3 Å². The Balaban J connectivity index is 0.00000147. The first-order valence-electron chi connectivity index (χ1n) is 6.88. The van der Waals surface area contributed by atoms with Gasteiger partial charge in [0, 0.05) is 49.7 Å². The molecule has 1 aliphatic rings. The van der Waals surface area contributed by atoms with Crippen molar-refractivity contribution < 1.29 is 4.79 Å². The Morgan fingerprint density at radius 2 is 1.95 bits per heavy atom. The fourth-order valence-corrected chi connectivity index (χ4v) is 2.65. The highest BCUT2D eigenvalue weighted by atomic mass is 35.5. The van der Waals surface area contributed by atoms with Crippen molar-refractivity contribution in [1.82, 2.24) is 15.2 Å². The van der Waals surface area contributed by atoms with E-state index in [1.54, 1.807) is 0 Å². The molecule has 0 unspecified atom stereocenters. The molecule has 108 valence electrons. The van der Waals surface area contributed by atoms with Gasteiger partial charge >= 0.3 is 0 Å². The number of fused-ring (bicyclic) bond motifs is 1. The van der Waals surface area contributed by atoms with Gasteiger partial charge in [0.15, 0.2) is 0 Å². The maximum atomic E-state index is 12.1. The molecule has 0 saturated carbocycles. The fraction of sp³-hybridized carbons (Fsp3) is 0.400. The zero-order valence-corrected chi connectivity index (χ0v) is 12.2. The largest absolute Gasteiger partial charge is 0.361 e. The summed E-state index contributed by atoms with van der Waals surface area (Å²) in [6.07, 6.45) is 3.43. The number of nitrogens with zero attached hydrogens (tertiary/aromatic N) is 1. The number of aromatic amines is 1. The number of rotatable bonds is 3. The minimum absolute atomic E-state index is 0. The number of hydrogen-bond donors (Lipinski definition) is 2. The normalized spacial score (nSPS) is 15.1. The highest BCUT2D eigenvalue weighted by molar-refractivity contribution is 5.85. The van der Waals surface area contributed by atoms with Gasteiger partial charge in [0.1, 0.15) is 0 Å². The summed E-state index contributed by atoms with van der Waals surface area (Å²) in [5.41, 5.74) is 2.38. The molecule has 0 bridgehead atoms. The van der Waals surface area contributed by atoms with E-state index < -0.39 is 0 Å². The first-order chi connectivity index (χ1) is 9.34. The Bertz CT molecular complexity index is 575. The van der Waals surface area contributed by atoms with Gasteiger partial charge in [-0.05, 0) is 18.1 Å². The average Bonchev–Trinajstić information content (AvgIpc) is 2.89. The summed E-state index contributed by atoms with van der Waals surface area (Å²) in [5.74, 6) is 0.270. The van der Waals surface area contributed by atoms with E-state index in [1.807, 2.05) is 23.2 Å². The van der Waals surface area contributed by atoms with Gasteiger partial charge in [-0.1, -0.05) is 18.2 Å². The van der Waals surface area contributed by atoms with E-state index in [0.29, 0.717) is 6.42 Å². The maximum absolute atomic E-state index is 12.1. The van der Waals surface area contributed by atoms with Crippen molar-refractivity contribution in [2.75, 3.05) is 26.2 Å². The van der Waals surface area contributed by atoms with Gasteiger partial charge in [0.05, 0.1) is 0 Å².